The van der Waals surface area contributed by atoms with Crippen molar-refractivity contribution in [2.45, 2.75) is 19.1 Å². The van der Waals surface area contributed by atoms with Gasteiger partial charge in [0.05, 0.1) is 37.9 Å². The van der Waals surface area contributed by atoms with Gasteiger partial charge < -0.3 is 24.4 Å². The van der Waals surface area contributed by atoms with Crippen LogP contribution >= 0.6 is 0 Å². The Morgan fingerprint density at radius 2 is 1.74 bits per heavy atom. The summed E-state index contributed by atoms with van der Waals surface area (Å²) in [5, 5.41) is 20.4. The van der Waals surface area contributed by atoms with Crippen molar-refractivity contribution in [3.8, 4) is 17.2 Å². The average molecular weight is 322 g/mol. The van der Waals surface area contributed by atoms with Crippen molar-refractivity contribution < 1.29 is 34.0 Å². The molecule has 0 amide bonds. The molecule has 2 N–H and O–H groups in total. The lowest BCUT2D eigenvalue weighted by Gasteiger charge is -2.41. The number of aliphatic hydroxyl groups is 1. The first kappa shape index (κ1) is 15.8. The lowest BCUT2D eigenvalue weighted by molar-refractivity contribution is -0.227. The van der Waals surface area contributed by atoms with Crippen molar-refractivity contribution in [1.82, 2.24) is 0 Å². The maximum Gasteiger partial charge on any atom is 0.173 e. The third-order valence-corrected chi connectivity index (χ3v) is 4.49. The molecule has 1 saturated heterocycles. The Morgan fingerprint density at radius 1 is 1.13 bits per heavy atom. The van der Waals surface area contributed by atoms with Gasteiger partial charge >= 0.3 is 0 Å². The van der Waals surface area contributed by atoms with Gasteiger partial charge in [0.25, 0.3) is 0 Å². The first-order valence-electron chi connectivity index (χ1n) is 7.23. The third kappa shape index (κ3) is 2.27. The minimum atomic E-state index is -1.48. The molecule has 1 aliphatic carbocycles. The molecule has 0 radical (unpaired) electrons. The van der Waals surface area contributed by atoms with E-state index in [2.05, 4.69) is 0 Å². The van der Waals surface area contributed by atoms with Crippen LogP contribution in [0.15, 0.2) is 6.07 Å². The number of carbonyl (C=O) groups excluding carboxylic acids is 2. The summed E-state index contributed by atoms with van der Waals surface area (Å²) in [6, 6.07) is 1.37. The summed E-state index contributed by atoms with van der Waals surface area (Å²) in [6.45, 7) is 1.39. The van der Waals surface area contributed by atoms with Crippen molar-refractivity contribution in [2.75, 3.05) is 20.8 Å². The van der Waals surface area contributed by atoms with Crippen molar-refractivity contribution in [2.24, 2.45) is 11.8 Å². The van der Waals surface area contributed by atoms with Gasteiger partial charge in [-0.15, -0.1) is 0 Å². The summed E-state index contributed by atoms with van der Waals surface area (Å²) in [5.41, 5.74) is -0.0626. The van der Waals surface area contributed by atoms with E-state index in [0.29, 0.717) is 0 Å². The second-order valence-electron chi connectivity index (χ2n) is 6.01. The highest BCUT2D eigenvalue weighted by atomic mass is 16.6. The Morgan fingerprint density at radius 3 is 2.35 bits per heavy atom. The fraction of sp³-hybridized carbons (Fsp3) is 0.500. The lowest BCUT2D eigenvalue weighted by atomic mass is 9.70. The molecule has 1 aliphatic heterocycles. The molecule has 7 nitrogen and oxygen atoms in total. The number of benzene rings is 1. The normalized spacial score (nSPS) is 29.7. The number of phenols is 1. The van der Waals surface area contributed by atoms with Crippen LogP contribution in [0.5, 0.6) is 17.2 Å². The van der Waals surface area contributed by atoms with E-state index >= 15 is 0 Å². The third-order valence-electron chi connectivity index (χ3n) is 4.49. The summed E-state index contributed by atoms with van der Waals surface area (Å²) in [6.07, 6.45) is -0.0132. The van der Waals surface area contributed by atoms with Crippen LogP contribution in [0.3, 0.4) is 0 Å². The molecule has 124 valence electrons. The van der Waals surface area contributed by atoms with Gasteiger partial charge in [-0.05, 0) is 6.92 Å². The number of methoxy groups -OCH3 is 2. The topological polar surface area (TPSA) is 102 Å². The standard InChI is InChI=1S/C16H18O7/c1-16(20)5-7-8(6-23-16)14(18)11-9(21-2)4-10(22-3)15(19)12(11)13(7)17/h4,7-8,19-20H,5-6H2,1-3H3/t7?,8?,16-/m1/s1. The molecular weight excluding hydrogens is 304 g/mol. The van der Waals surface area contributed by atoms with E-state index in [9.17, 15) is 19.8 Å². The van der Waals surface area contributed by atoms with Crippen LogP contribution in [0.2, 0.25) is 0 Å². The number of ether oxygens (including phenoxy) is 3. The number of phenolic OH excluding ortho intramolecular Hbond substituents is 1. The number of hydrogen-bond donors (Lipinski definition) is 2. The van der Waals surface area contributed by atoms with Gasteiger partial charge in [-0.25, -0.2) is 0 Å². The van der Waals surface area contributed by atoms with E-state index in [4.69, 9.17) is 14.2 Å². The largest absolute Gasteiger partial charge is 0.504 e. The zero-order chi connectivity index (χ0) is 16.9. The van der Waals surface area contributed by atoms with Crippen molar-refractivity contribution in [3.63, 3.8) is 0 Å². The average Bonchev–Trinajstić information content (AvgIpc) is 2.51. The van der Waals surface area contributed by atoms with Gasteiger partial charge in [-0.2, -0.15) is 0 Å². The summed E-state index contributed by atoms with van der Waals surface area (Å²) in [4.78, 5) is 25.6. The molecule has 1 fully saturated rings. The Labute approximate surface area is 132 Å². The highest BCUT2D eigenvalue weighted by Gasteiger charge is 2.50. The summed E-state index contributed by atoms with van der Waals surface area (Å²) < 4.78 is 15.5. The van der Waals surface area contributed by atoms with Crippen LogP contribution in [-0.4, -0.2) is 48.4 Å². The highest BCUT2D eigenvalue weighted by Crippen LogP contribution is 2.47. The Kier molecular flexibility index (Phi) is 3.57. The van der Waals surface area contributed by atoms with E-state index < -0.39 is 23.4 Å². The molecule has 0 bridgehead atoms. The summed E-state index contributed by atoms with van der Waals surface area (Å²) in [7, 11) is 2.72. The Balaban J connectivity index is 2.21. The second kappa shape index (κ2) is 5.21. The van der Waals surface area contributed by atoms with E-state index in [1.807, 2.05) is 0 Å². The fourth-order valence-electron chi connectivity index (χ4n) is 3.32. The zero-order valence-electron chi connectivity index (χ0n) is 13.1. The number of hydrogen-bond acceptors (Lipinski definition) is 7. The smallest absolute Gasteiger partial charge is 0.173 e. The number of carbonyl (C=O) groups is 2. The zero-order valence-corrected chi connectivity index (χ0v) is 13.1. The predicted molar refractivity (Wildman–Crippen MR) is 78.0 cm³/mol. The molecule has 0 saturated carbocycles. The first-order chi connectivity index (χ1) is 10.8. The lowest BCUT2D eigenvalue weighted by Crippen LogP contribution is -2.50. The molecule has 2 aliphatic rings. The van der Waals surface area contributed by atoms with Gasteiger partial charge in [0.1, 0.15) is 5.75 Å². The van der Waals surface area contributed by atoms with Crippen LogP contribution in [-0.2, 0) is 4.74 Å². The molecule has 3 rings (SSSR count). The number of Topliss-reactive ketones (excluding diaryl/α,β-unsaturated/α-hetero) is 2. The van der Waals surface area contributed by atoms with Gasteiger partial charge in [0.15, 0.2) is 28.9 Å². The molecule has 1 aromatic rings. The number of ketones is 2. The SMILES string of the molecule is COc1cc(OC)c2c(c1O)C(=O)C1C[C@](C)(O)OCC1C2=O. The number of aromatic hydroxyl groups is 1. The molecular formula is C16H18O7. The maximum absolute atomic E-state index is 12.9. The van der Waals surface area contributed by atoms with Gasteiger partial charge in [0, 0.05) is 18.4 Å². The molecule has 2 unspecified atom stereocenters. The van der Waals surface area contributed by atoms with Crippen molar-refractivity contribution >= 4 is 11.6 Å². The highest BCUT2D eigenvalue weighted by molar-refractivity contribution is 6.19. The molecule has 0 aromatic heterocycles. The first-order valence-corrected chi connectivity index (χ1v) is 7.23. The van der Waals surface area contributed by atoms with Crippen LogP contribution in [0.1, 0.15) is 34.1 Å². The maximum atomic E-state index is 12.9. The van der Waals surface area contributed by atoms with Gasteiger partial charge in [0.2, 0.25) is 0 Å². The predicted octanol–water partition coefficient (Wildman–Crippen LogP) is 1.15. The van der Waals surface area contributed by atoms with Gasteiger partial charge in [-0.3, -0.25) is 9.59 Å². The second-order valence-corrected chi connectivity index (χ2v) is 6.01. The van der Waals surface area contributed by atoms with E-state index in [1.54, 1.807) is 0 Å². The molecule has 23 heavy (non-hydrogen) atoms. The Hall–Kier alpha value is -2.12. The van der Waals surface area contributed by atoms with Gasteiger partial charge in [-0.1, -0.05) is 0 Å². The van der Waals surface area contributed by atoms with E-state index in [0.717, 1.165) is 0 Å². The minimum absolute atomic E-state index is 0.0132. The van der Waals surface area contributed by atoms with E-state index in [-0.39, 0.29) is 47.2 Å². The molecule has 1 aromatic carbocycles. The van der Waals surface area contributed by atoms with Crippen LogP contribution < -0.4 is 9.47 Å². The fourth-order valence-corrected chi connectivity index (χ4v) is 3.32. The van der Waals surface area contributed by atoms with Crippen LogP contribution in [0.25, 0.3) is 0 Å². The van der Waals surface area contributed by atoms with Crippen LogP contribution in [0, 0.1) is 11.8 Å². The summed E-state index contributed by atoms with van der Waals surface area (Å²) in [5.74, 6) is -3.84. The quantitative estimate of drug-likeness (QED) is 0.842. The van der Waals surface area contributed by atoms with Crippen molar-refractivity contribution in [1.29, 1.82) is 0 Å². The summed E-state index contributed by atoms with van der Waals surface area (Å²) >= 11 is 0. The number of rotatable bonds is 2. The molecule has 0 spiro atoms. The van der Waals surface area contributed by atoms with Crippen LogP contribution in [0.4, 0.5) is 0 Å². The molecule has 3 atom stereocenters. The molecule has 7 heteroatoms. The Bertz CT molecular complexity index is 692. The van der Waals surface area contributed by atoms with Crippen molar-refractivity contribution in [3.05, 3.63) is 17.2 Å². The monoisotopic (exact) mass is 322 g/mol. The van der Waals surface area contributed by atoms with E-state index in [1.165, 1.54) is 27.2 Å². The minimum Gasteiger partial charge on any atom is -0.504 e. The molecule has 1 heterocycles. The number of fused-ring (bicyclic) bond motifs is 2.